The highest BCUT2D eigenvalue weighted by atomic mass is 79.9. The molecule has 0 fully saturated rings. The maximum atomic E-state index is 11.4. The van der Waals surface area contributed by atoms with Crippen molar-refractivity contribution in [2.24, 2.45) is 0 Å². The van der Waals surface area contributed by atoms with E-state index in [9.17, 15) is 9.59 Å². The van der Waals surface area contributed by atoms with E-state index in [-0.39, 0.29) is 26.0 Å². The molecule has 6 nitrogen and oxygen atoms in total. The van der Waals surface area contributed by atoms with Crippen molar-refractivity contribution >= 4 is 27.8 Å². The number of nitrogens with one attached hydrogen (secondary N) is 1. The van der Waals surface area contributed by atoms with Crippen molar-refractivity contribution < 1.29 is 19.1 Å². The van der Waals surface area contributed by atoms with Gasteiger partial charge in [0.2, 0.25) is 0 Å². The number of halogens is 1. The van der Waals surface area contributed by atoms with Gasteiger partial charge in [-0.3, -0.25) is 9.59 Å². The SMILES string of the molecule is N#CCCNC(=O)COC(=O)CCCOc1cccc(Br)c1. The summed E-state index contributed by atoms with van der Waals surface area (Å²) in [4.78, 5) is 22.7. The van der Waals surface area contributed by atoms with Crippen molar-refractivity contribution in [2.45, 2.75) is 19.3 Å². The lowest BCUT2D eigenvalue weighted by Gasteiger charge is -2.07. The number of carbonyl (C=O) groups excluding carboxylic acids is 2. The molecule has 1 rings (SSSR count). The average Bonchev–Trinajstić information content (AvgIpc) is 2.50. The summed E-state index contributed by atoms with van der Waals surface area (Å²) >= 11 is 3.34. The number of esters is 1. The molecular formula is C15H17BrN2O4. The van der Waals surface area contributed by atoms with Gasteiger partial charge in [0.1, 0.15) is 5.75 Å². The van der Waals surface area contributed by atoms with Crippen LogP contribution in [0.5, 0.6) is 5.75 Å². The molecule has 1 amide bonds. The second kappa shape index (κ2) is 10.6. The monoisotopic (exact) mass is 368 g/mol. The molecular weight excluding hydrogens is 352 g/mol. The highest BCUT2D eigenvalue weighted by Gasteiger charge is 2.07. The molecule has 0 aliphatic carbocycles. The van der Waals surface area contributed by atoms with Crippen molar-refractivity contribution in [2.75, 3.05) is 19.8 Å². The molecule has 0 radical (unpaired) electrons. The van der Waals surface area contributed by atoms with Gasteiger partial charge in [-0.1, -0.05) is 22.0 Å². The fourth-order valence-corrected chi connectivity index (χ4v) is 1.87. The molecule has 1 aromatic carbocycles. The standard InChI is InChI=1S/C15H17BrN2O4/c16-12-4-1-5-13(10-12)21-9-2-6-15(20)22-11-14(19)18-8-3-7-17/h1,4-5,10H,2-3,6,8-9,11H2,(H,18,19). The smallest absolute Gasteiger partial charge is 0.306 e. The van der Waals surface area contributed by atoms with E-state index in [1.54, 1.807) is 0 Å². The molecule has 0 heterocycles. The third kappa shape index (κ3) is 8.27. The Hall–Kier alpha value is -2.07. The third-order valence-corrected chi connectivity index (χ3v) is 3.01. The molecule has 0 saturated heterocycles. The first kappa shape index (κ1) is 18.0. The first-order valence-corrected chi connectivity index (χ1v) is 7.59. The molecule has 7 heteroatoms. The Balaban J connectivity index is 2.08. The maximum absolute atomic E-state index is 11.4. The van der Waals surface area contributed by atoms with Crippen LogP contribution in [0.25, 0.3) is 0 Å². The second-order valence-electron chi connectivity index (χ2n) is 4.33. The van der Waals surface area contributed by atoms with Crippen LogP contribution in [0.4, 0.5) is 0 Å². The number of carbonyl (C=O) groups is 2. The van der Waals surface area contributed by atoms with Crippen LogP contribution in [0, 0.1) is 11.3 Å². The number of hydrogen-bond donors (Lipinski definition) is 1. The van der Waals surface area contributed by atoms with E-state index in [4.69, 9.17) is 14.7 Å². The molecule has 1 aromatic rings. The van der Waals surface area contributed by atoms with E-state index >= 15 is 0 Å². The predicted octanol–water partition coefficient (Wildman–Crippen LogP) is 2.18. The van der Waals surface area contributed by atoms with Crippen LogP contribution in [0.15, 0.2) is 28.7 Å². The number of ether oxygens (including phenoxy) is 2. The zero-order valence-corrected chi connectivity index (χ0v) is 13.6. The fraction of sp³-hybridized carbons (Fsp3) is 0.400. The molecule has 118 valence electrons. The first-order valence-electron chi connectivity index (χ1n) is 6.79. The number of hydrogen-bond acceptors (Lipinski definition) is 5. The Morgan fingerprint density at radius 3 is 2.91 bits per heavy atom. The normalized spacial score (nSPS) is 9.64. The lowest BCUT2D eigenvalue weighted by atomic mass is 10.3. The summed E-state index contributed by atoms with van der Waals surface area (Å²) in [6.45, 7) is 0.323. The molecule has 0 saturated carbocycles. The molecule has 0 aliphatic heterocycles. The van der Waals surface area contributed by atoms with Crippen molar-refractivity contribution in [3.8, 4) is 11.8 Å². The van der Waals surface area contributed by atoms with Gasteiger partial charge in [0.25, 0.3) is 5.91 Å². The Kier molecular flexibility index (Phi) is 8.69. The minimum absolute atomic E-state index is 0.180. The summed E-state index contributed by atoms with van der Waals surface area (Å²) in [5.74, 6) is -0.137. The topological polar surface area (TPSA) is 88.4 Å². The summed E-state index contributed by atoms with van der Waals surface area (Å²) in [5, 5.41) is 10.8. The van der Waals surface area contributed by atoms with Crippen molar-refractivity contribution in [1.29, 1.82) is 5.26 Å². The lowest BCUT2D eigenvalue weighted by molar-refractivity contribution is -0.148. The minimum Gasteiger partial charge on any atom is -0.494 e. The van der Waals surface area contributed by atoms with E-state index in [0.29, 0.717) is 13.0 Å². The van der Waals surface area contributed by atoms with Crippen LogP contribution in [0.3, 0.4) is 0 Å². The number of rotatable bonds is 9. The van der Waals surface area contributed by atoms with Crippen molar-refractivity contribution in [3.63, 3.8) is 0 Å². The quantitative estimate of drug-likeness (QED) is 0.533. The highest BCUT2D eigenvalue weighted by molar-refractivity contribution is 9.10. The van der Waals surface area contributed by atoms with E-state index in [0.717, 1.165) is 10.2 Å². The molecule has 22 heavy (non-hydrogen) atoms. The minimum atomic E-state index is -0.451. The van der Waals surface area contributed by atoms with Gasteiger partial charge in [0, 0.05) is 17.4 Å². The van der Waals surface area contributed by atoms with Gasteiger partial charge >= 0.3 is 5.97 Å². The van der Waals surface area contributed by atoms with E-state index in [1.807, 2.05) is 30.3 Å². The summed E-state index contributed by atoms with van der Waals surface area (Å²) in [6.07, 6.45) is 0.910. The van der Waals surface area contributed by atoms with E-state index in [1.165, 1.54) is 0 Å². The first-order chi connectivity index (χ1) is 10.6. The molecule has 0 spiro atoms. The van der Waals surface area contributed by atoms with Gasteiger partial charge in [-0.2, -0.15) is 5.26 Å². The Morgan fingerprint density at radius 2 is 2.18 bits per heavy atom. The average molecular weight is 369 g/mol. The maximum Gasteiger partial charge on any atom is 0.306 e. The van der Waals surface area contributed by atoms with Gasteiger partial charge in [-0.15, -0.1) is 0 Å². The Morgan fingerprint density at radius 1 is 1.36 bits per heavy atom. The van der Waals surface area contributed by atoms with Gasteiger partial charge < -0.3 is 14.8 Å². The van der Waals surface area contributed by atoms with Gasteiger partial charge in [-0.05, 0) is 24.6 Å². The molecule has 1 N–H and O–H groups in total. The van der Waals surface area contributed by atoms with E-state index < -0.39 is 11.9 Å². The zero-order valence-electron chi connectivity index (χ0n) is 12.0. The molecule has 0 bridgehead atoms. The lowest BCUT2D eigenvalue weighted by Crippen LogP contribution is -2.29. The van der Waals surface area contributed by atoms with Crippen LogP contribution in [0.1, 0.15) is 19.3 Å². The molecule has 0 aliphatic rings. The molecule has 0 atom stereocenters. The summed E-state index contributed by atoms with van der Waals surface area (Å²) in [5.41, 5.74) is 0. The molecule has 0 aromatic heterocycles. The number of nitriles is 1. The van der Waals surface area contributed by atoms with Crippen molar-refractivity contribution in [3.05, 3.63) is 28.7 Å². The van der Waals surface area contributed by atoms with Gasteiger partial charge in [0.05, 0.1) is 19.1 Å². The Bertz CT molecular complexity index is 543. The van der Waals surface area contributed by atoms with E-state index in [2.05, 4.69) is 21.2 Å². The summed E-state index contributed by atoms with van der Waals surface area (Å²) in [7, 11) is 0. The Labute approximate surface area is 137 Å². The summed E-state index contributed by atoms with van der Waals surface area (Å²) < 4.78 is 11.2. The molecule has 0 unspecified atom stereocenters. The number of amides is 1. The third-order valence-electron chi connectivity index (χ3n) is 2.51. The largest absolute Gasteiger partial charge is 0.494 e. The van der Waals surface area contributed by atoms with Crippen LogP contribution >= 0.6 is 15.9 Å². The zero-order chi connectivity index (χ0) is 16.2. The van der Waals surface area contributed by atoms with Crippen LogP contribution in [-0.2, 0) is 14.3 Å². The number of benzene rings is 1. The second-order valence-corrected chi connectivity index (χ2v) is 5.24. The van der Waals surface area contributed by atoms with Crippen LogP contribution in [0.2, 0.25) is 0 Å². The van der Waals surface area contributed by atoms with Gasteiger partial charge in [0.15, 0.2) is 6.61 Å². The van der Waals surface area contributed by atoms with Crippen LogP contribution in [-0.4, -0.2) is 31.6 Å². The predicted molar refractivity (Wildman–Crippen MR) is 83.1 cm³/mol. The van der Waals surface area contributed by atoms with Gasteiger partial charge in [-0.25, -0.2) is 0 Å². The highest BCUT2D eigenvalue weighted by Crippen LogP contribution is 2.17. The van der Waals surface area contributed by atoms with Crippen LogP contribution < -0.4 is 10.1 Å². The fourth-order valence-electron chi connectivity index (χ4n) is 1.49. The number of nitrogens with zero attached hydrogens (tertiary/aromatic N) is 1. The van der Waals surface area contributed by atoms with Crippen molar-refractivity contribution in [1.82, 2.24) is 5.32 Å². The summed E-state index contributed by atoms with van der Waals surface area (Å²) in [6, 6.07) is 9.32.